The lowest BCUT2D eigenvalue weighted by atomic mass is 9.83. The van der Waals surface area contributed by atoms with Crippen LogP contribution in [0, 0.1) is 5.92 Å². The van der Waals surface area contributed by atoms with Crippen LogP contribution < -0.4 is 16.2 Å². The minimum atomic E-state index is 0.0973. The molecule has 4 rings (SSSR count). The summed E-state index contributed by atoms with van der Waals surface area (Å²) < 4.78 is 1.91. The number of nitrogens with zero attached hydrogens (tertiary/aromatic N) is 5. The van der Waals surface area contributed by atoms with Gasteiger partial charge in [0.05, 0.1) is 0 Å². The van der Waals surface area contributed by atoms with Crippen LogP contribution in [-0.4, -0.2) is 32.6 Å². The van der Waals surface area contributed by atoms with E-state index in [1.807, 2.05) is 16.7 Å². The molecule has 2 aromatic rings. The van der Waals surface area contributed by atoms with Crippen molar-refractivity contribution in [2.75, 3.05) is 23.7 Å². The molecular formula is C14H16N6O. The summed E-state index contributed by atoms with van der Waals surface area (Å²) in [6.45, 7) is 2.42. The Labute approximate surface area is 121 Å². The molecule has 0 aliphatic carbocycles. The Morgan fingerprint density at radius 2 is 2.10 bits per heavy atom. The van der Waals surface area contributed by atoms with E-state index in [4.69, 9.17) is 5.73 Å². The third kappa shape index (κ3) is 2.05. The van der Waals surface area contributed by atoms with Gasteiger partial charge in [0, 0.05) is 37.3 Å². The Bertz CT molecular complexity index is 742. The summed E-state index contributed by atoms with van der Waals surface area (Å²) in [5.74, 6) is 1.65. The van der Waals surface area contributed by atoms with Crippen molar-refractivity contribution in [3.8, 4) is 0 Å². The molecule has 2 aliphatic heterocycles. The molecule has 2 unspecified atom stereocenters. The molecule has 2 bridgehead atoms. The van der Waals surface area contributed by atoms with Crippen LogP contribution in [0.25, 0.3) is 0 Å². The lowest BCUT2D eigenvalue weighted by Gasteiger charge is -2.42. The van der Waals surface area contributed by atoms with Gasteiger partial charge in [-0.2, -0.15) is 4.98 Å². The fourth-order valence-corrected chi connectivity index (χ4v) is 3.51. The standard InChI is InChI=1S/C14H16N6O/c15-13-16-8-17-14(18-13)19-5-9-4-10(7-19)11-2-1-3-12(21)20(11)6-9/h1-3,8-10H,4-7H2,(H2,15,16,17,18). The summed E-state index contributed by atoms with van der Waals surface area (Å²) in [4.78, 5) is 26.4. The highest BCUT2D eigenvalue weighted by atomic mass is 16.1. The summed E-state index contributed by atoms with van der Waals surface area (Å²) in [5.41, 5.74) is 6.86. The summed E-state index contributed by atoms with van der Waals surface area (Å²) in [6, 6.07) is 5.52. The van der Waals surface area contributed by atoms with Crippen LogP contribution in [0.5, 0.6) is 0 Å². The van der Waals surface area contributed by atoms with Crippen molar-refractivity contribution in [2.24, 2.45) is 5.92 Å². The SMILES string of the molecule is Nc1ncnc(N2CC3CC(C2)c2cccc(=O)n2C3)n1. The second-order valence-electron chi connectivity index (χ2n) is 5.75. The highest BCUT2D eigenvalue weighted by Gasteiger charge is 2.35. The normalized spacial score (nSPS) is 23.7. The Balaban J connectivity index is 1.70. The van der Waals surface area contributed by atoms with Crippen molar-refractivity contribution in [1.82, 2.24) is 19.5 Å². The first kappa shape index (κ1) is 12.3. The van der Waals surface area contributed by atoms with Gasteiger partial charge in [0.2, 0.25) is 11.9 Å². The van der Waals surface area contributed by atoms with E-state index >= 15 is 0 Å². The van der Waals surface area contributed by atoms with Gasteiger partial charge in [0.1, 0.15) is 6.33 Å². The minimum absolute atomic E-state index is 0.0973. The lowest BCUT2D eigenvalue weighted by Crippen LogP contribution is -2.47. The minimum Gasteiger partial charge on any atom is -0.368 e. The monoisotopic (exact) mass is 284 g/mol. The van der Waals surface area contributed by atoms with Gasteiger partial charge in [-0.1, -0.05) is 6.07 Å². The van der Waals surface area contributed by atoms with Gasteiger partial charge in [-0.15, -0.1) is 0 Å². The first-order valence-electron chi connectivity index (χ1n) is 7.10. The number of fused-ring (bicyclic) bond motifs is 4. The number of hydrogen-bond donors (Lipinski definition) is 1. The maximum atomic E-state index is 12.0. The fraction of sp³-hybridized carbons (Fsp3) is 0.429. The van der Waals surface area contributed by atoms with Crippen molar-refractivity contribution in [3.63, 3.8) is 0 Å². The van der Waals surface area contributed by atoms with Gasteiger partial charge < -0.3 is 15.2 Å². The van der Waals surface area contributed by atoms with Gasteiger partial charge in [-0.3, -0.25) is 4.79 Å². The van der Waals surface area contributed by atoms with E-state index < -0.39 is 0 Å². The highest BCUT2D eigenvalue weighted by Crippen LogP contribution is 2.35. The van der Waals surface area contributed by atoms with Crippen LogP contribution in [0.2, 0.25) is 0 Å². The number of piperidine rings is 1. The van der Waals surface area contributed by atoms with Crippen molar-refractivity contribution in [2.45, 2.75) is 18.9 Å². The van der Waals surface area contributed by atoms with Crippen LogP contribution in [0.15, 0.2) is 29.3 Å². The number of nitrogens with two attached hydrogens (primary N) is 1. The zero-order valence-corrected chi connectivity index (χ0v) is 11.5. The molecule has 108 valence electrons. The predicted octanol–water partition coefficient (Wildman–Crippen LogP) is 0.239. The molecule has 7 nitrogen and oxygen atoms in total. The highest BCUT2D eigenvalue weighted by molar-refractivity contribution is 5.36. The molecule has 2 N–H and O–H groups in total. The van der Waals surface area contributed by atoms with Crippen LogP contribution in [0.4, 0.5) is 11.9 Å². The first-order valence-corrected chi connectivity index (χ1v) is 7.10. The van der Waals surface area contributed by atoms with Gasteiger partial charge in [0.25, 0.3) is 5.56 Å². The van der Waals surface area contributed by atoms with Crippen molar-refractivity contribution < 1.29 is 0 Å². The molecule has 4 heterocycles. The number of aromatic nitrogens is 4. The summed E-state index contributed by atoms with van der Waals surface area (Å²) in [7, 11) is 0. The molecule has 1 saturated heterocycles. The van der Waals surface area contributed by atoms with Crippen LogP contribution >= 0.6 is 0 Å². The van der Waals surface area contributed by atoms with E-state index in [0.29, 0.717) is 17.8 Å². The molecule has 2 aliphatic rings. The summed E-state index contributed by atoms with van der Waals surface area (Å²) in [5, 5.41) is 0. The van der Waals surface area contributed by atoms with E-state index in [9.17, 15) is 4.79 Å². The smallest absolute Gasteiger partial charge is 0.250 e. The Hall–Kier alpha value is -2.44. The maximum absolute atomic E-state index is 12.0. The largest absolute Gasteiger partial charge is 0.368 e. The Kier molecular flexibility index (Phi) is 2.66. The van der Waals surface area contributed by atoms with E-state index in [1.165, 1.54) is 6.33 Å². The molecule has 2 atom stereocenters. The molecule has 0 amide bonds. The third-order valence-corrected chi connectivity index (χ3v) is 4.34. The average molecular weight is 284 g/mol. The molecule has 7 heteroatoms. The summed E-state index contributed by atoms with van der Waals surface area (Å²) in [6.07, 6.45) is 2.56. The molecule has 1 fully saturated rings. The van der Waals surface area contributed by atoms with Crippen molar-refractivity contribution >= 4 is 11.9 Å². The number of hydrogen-bond acceptors (Lipinski definition) is 6. The first-order chi connectivity index (χ1) is 10.2. The Morgan fingerprint density at radius 3 is 2.95 bits per heavy atom. The van der Waals surface area contributed by atoms with Crippen molar-refractivity contribution in [1.29, 1.82) is 0 Å². The second-order valence-corrected chi connectivity index (χ2v) is 5.75. The fourth-order valence-electron chi connectivity index (χ4n) is 3.51. The summed E-state index contributed by atoms with van der Waals surface area (Å²) >= 11 is 0. The van der Waals surface area contributed by atoms with Gasteiger partial charge in [-0.25, -0.2) is 9.97 Å². The topological polar surface area (TPSA) is 89.9 Å². The van der Waals surface area contributed by atoms with Gasteiger partial charge in [0.15, 0.2) is 0 Å². The quantitative estimate of drug-likeness (QED) is 0.806. The zero-order chi connectivity index (χ0) is 14.4. The van der Waals surface area contributed by atoms with Gasteiger partial charge >= 0.3 is 0 Å². The molecule has 21 heavy (non-hydrogen) atoms. The Morgan fingerprint density at radius 1 is 1.19 bits per heavy atom. The average Bonchev–Trinajstić information content (AvgIpc) is 2.48. The third-order valence-electron chi connectivity index (χ3n) is 4.34. The van der Waals surface area contributed by atoms with E-state index in [1.54, 1.807) is 6.07 Å². The molecule has 2 aromatic heterocycles. The van der Waals surface area contributed by atoms with E-state index in [-0.39, 0.29) is 11.5 Å². The maximum Gasteiger partial charge on any atom is 0.250 e. The number of nitrogen functional groups attached to an aromatic ring is 1. The number of rotatable bonds is 1. The molecule has 0 spiro atoms. The van der Waals surface area contributed by atoms with Crippen LogP contribution in [-0.2, 0) is 6.54 Å². The second kappa shape index (κ2) is 4.54. The predicted molar refractivity (Wildman–Crippen MR) is 78.0 cm³/mol. The number of anilines is 2. The molecule has 0 radical (unpaired) electrons. The van der Waals surface area contributed by atoms with Crippen LogP contribution in [0.1, 0.15) is 18.0 Å². The van der Waals surface area contributed by atoms with Crippen molar-refractivity contribution in [3.05, 3.63) is 40.6 Å². The van der Waals surface area contributed by atoms with E-state index in [2.05, 4.69) is 19.9 Å². The van der Waals surface area contributed by atoms with Crippen LogP contribution in [0.3, 0.4) is 0 Å². The van der Waals surface area contributed by atoms with E-state index in [0.717, 1.165) is 31.7 Å². The lowest BCUT2D eigenvalue weighted by molar-refractivity contribution is 0.279. The molecular weight excluding hydrogens is 268 g/mol. The number of pyridine rings is 1. The van der Waals surface area contributed by atoms with Gasteiger partial charge in [-0.05, 0) is 18.4 Å². The molecule has 0 saturated carbocycles. The zero-order valence-electron chi connectivity index (χ0n) is 11.5. The molecule has 0 aromatic carbocycles.